The summed E-state index contributed by atoms with van der Waals surface area (Å²) in [6, 6.07) is 13.5. The van der Waals surface area contributed by atoms with Gasteiger partial charge in [0.2, 0.25) is 0 Å². The quantitative estimate of drug-likeness (QED) is 0.620. The van der Waals surface area contributed by atoms with Crippen LogP contribution in [0.1, 0.15) is 16.7 Å². The van der Waals surface area contributed by atoms with E-state index in [0.717, 1.165) is 11.1 Å². The molecule has 3 rings (SSSR count). The number of benzene rings is 2. The third-order valence-corrected chi connectivity index (χ3v) is 4.78. The molecule has 1 saturated heterocycles. The molecule has 1 fully saturated rings. The molecule has 0 spiro atoms. The number of ether oxygens (including phenoxy) is 1. The molecule has 1 N–H and O–H groups in total. The molecule has 1 heterocycles. The van der Waals surface area contributed by atoms with Crippen LogP contribution in [0.5, 0.6) is 5.75 Å². The van der Waals surface area contributed by atoms with E-state index in [1.807, 2.05) is 25.1 Å². The highest BCUT2D eigenvalue weighted by molar-refractivity contribution is 8.26. The molecule has 1 amide bonds. The summed E-state index contributed by atoms with van der Waals surface area (Å²) in [5, 5.41) is 3.18. The minimum Gasteiger partial charge on any atom is -0.488 e. The van der Waals surface area contributed by atoms with Gasteiger partial charge in [0.25, 0.3) is 5.91 Å². The standard InChI is InChI=1S/C18H14ClNO2S2/c1-11-3-2-4-12(7-11)10-22-15-6-5-14(19)8-13(15)9-16-17(21)20-18(23)24-16/h2-9H,10H2,1H3,(H,20,21,23)/b16-9-. The Bertz CT molecular complexity index is 849. The van der Waals surface area contributed by atoms with Gasteiger partial charge in [-0.1, -0.05) is 65.4 Å². The fourth-order valence-electron chi connectivity index (χ4n) is 2.29. The first-order valence-corrected chi connectivity index (χ1v) is 8.84. The number of hydrogen-bond donors (Lipinski definition) is 1. The molecule has 24 heavy (non-hydrogen) atoms. The average Bonchev–Trinajstić information content (AvgIpc) is 2.84. The Morgan fingerprint density at radius 3 is 2.83 bits per heavy atom. The summed E-state index contributed by atoms with van der Waals surface area (Å²) in [6.07, 6.45) is 1.75. The Hall–Kier alpha value is -1.82. The first-order chi connectivity index (χ1) is 11.5. The van der Waals surface area contributed by atoms with Crippen molar-refractivity contribution in [1.82, 2.24) is 5.32 Å². The average molecular weight is 376 g/mol. The molecule has 1 aliphatic rings. The topological polar surface area (TPSA) is 38.3 Å². The third kappa shape index (κ3) is 4.17. The predicted octanol–water partition coefficient (Wildman–Crippen LogP) is 4.72. The SMILES string of the molecule is Cc1cccc(COc2ccc(Cl)cc2/C=C2\SC(=S)NC2=O)c1. The molecule has 122 valence electrons. The van der Waals surface area contributed by atoms with Crippen LogP contribution in [0.15, 0.2) is 47.4 Å². The van der Waals surface area contributed by atoms with Gasteiger partial charge in [-0.2, -0.15) is 0 Å². The van der Waals surface area contributed by atoms with Gasteiger partial charge in [0.1, 0.15) is 16.7 Å². The number of hydrogen-bond acceptors (Lipinski definition) is 4. The van der Waals surface area contributed by atoms with Crippen LogP contribution in [-0.2, 0) is 11.4 Å². The van der Waals surface area contributed by atoms with Crippen molar-refractivity contribution in [3.05, 3.63) is 69.1 Å². The lowest BCUT2D eigenvalue weighted by atomic mass is 10.1. The molecule has 1 aliphatic heterocycles. The lowest BCUT2D eigenvalue weighted by molar-refractivity contribution is -0.115. The Kier molecular flexibility index (Phi) is 5.23. The number of carbonyl (C=O) groups is 1. The first-order valence-electron chi connectivity index (χ1n) is 7.24. The minimum absolute atomic E-state index is 0.199. The van der Waals surface area contributed by atoms with Crippen molar-refractivity contribution in [3.8, 4) is 5.75 Å². The van der Waals surface area contributed by atoms with Gasteiger partial charge < -0.3 is 10.1 Å². The van der Waals surface area contributed by atoms with Crippen LogP contribution in [-0.4, -0.2) is 10.2 Å². The van der Waals surface area contributed by atoms with Gasteiger partial charge >= 0.3 is 0 Å². The summed E-state index contributed by atoms with van der Waals surface area (Å²) in [7, 11) is 0. The molecular weight excluding hydrogens is 362 g/mol. The lowest BCUT2D eigenvalue weighted by Crippen LogP contribution is -2.17. The van der Waals surface area contributed by atoms with E-state index in [2.05, 4.69) is 11.4 Å². The van der Waals surface area contributed by atoms with Crippen molar-refractivity contribution in [2.24, 2.45) is 0 Å². The highest BCUT2D eigenvalue weighted by Gasteiger charge is 2.22. The summed E-state index contributed by atoms with van der Waals surface area (Å²) in [6.45, 7) is 2.48. The van der Waals surface area contributed by atoms with Crippen molar-refractivity contribution in [3.63, 3.8) is 0 Å². The molecule has 2 aromatic carbocycles. The smallest absolute Gasteiger partial charge is 0.263 e. The van der Waals surface area contributed by atoms with Crippen molar-refractivity contribution < 1.29 is 9.53 Å². The van der Waals surface area contributed by atoms with E-state index in [4.69, 9.17) is 28.6 Å². The zero-order valence-corrected chi connectivity index (χ0v) is 15.2. The zero-order chi connectivity index (χ0) is 17.1. The number of amides is 1. The van der Waals surface area contributed by atoms with Crippen molar-refractivity contribution in [2.45, 2.75) is 13.5 Å². The van der Waals surface area contributed by atoms with Crippen LogP contribution < -0.4 is 10.1 Å². The monoisotopic (exact) mass is 375 g/mol. The van der Waals surface area contributed by atoms with Gasteiger partial charge in [-0.15, -0.1) is 0 Å². The van der Waals surface area contributed by atoms with Crippen LogP contribution in [0.3, 0.4) is 0 Å². The van der Waals surface area contributed by atoms with Gasteiger partial charge in [-0.25, -0.2) is 0 Å². The van der Waals surface area contributed by atoms with E-state index >= 15 is 0 Å². The molecule has 0 aliphatic carbocycles. The Balaban J connectivity index is 1.84. The van der Waals surface area contributed by atoms with E-state index in [-0.39, 0.29) is 5.91 Å². The molecule has 0 radical (unpaired) electrons. The molecule has 0 bridgehead atoms. The van der Waals surface area contributed by atoms with Gasteiger partial charge in [-0.3, -0.25) is 4.79 Å². The molecular formula is C18H14ClNO2S2. The molecule has 0 unspecified atom stereocenters. The van der Waals surface area contributed by atoms with Crippen LogP contribution in [0.2, 0.25) is 5.02 Å². The summed E-state index contributed by atoms with van der Waals surface area (Å²) < 4.78 is 6.38. The number of thiocarbonyl (C=S) groups is 1. The number of carbonyl (C=O) groups excluding carboxylic acids is 1. The van der Waals surface area contributed by atoms with Gasteiger partial charge in [0.15, 0.2) is 0 Å². The third-order valence-electron chi connectivity index (χ3n) is 3.38. The largest absolute Gasteiger partial charge is 0.488 e. The molecule has 0 aromatic heterocycles. The summed E-state index contributed by atoms with van der Waals surface area (Å²) in [4.78, 5) is 12.4. The van der Waals surface area contributed by atoms with E-state index < -0.39 is 0 Å². The number of nitrogens with one attached hydrogen (secondary N) is 1. The fraction of sp³-hybridized carbons (Fsp3) is 0.111. The Morgan fingerprint density at radius 2 is 2.12 bits per heavy atom. The van der Waals surface area contributed by atoms with Crippen molar-refractivity contribution in [2.75, 3.05) is 0 Å². The Labute approximate surface area is 155 Å². The maximum Gasteiger partial charge on any atom is 0.263 e. The van der Waals surface area contributed by atoms with Gasteiger partial charge in [-0.05, 0) is 36.8 Å². The predicted molar refractivity (Wildman–Crippen MR) is 103 cm³/mol. The normalized spacial score (nSPS) is 15.7. The van der Waals surface area contributed by atoms with Gasteiger partial charge in [0.05, 0.1) is 4.91 Å². The molecule has 3 nitrogen and oxygen atoms in total. The van der Waals surface area contributed by atoms with Crippen LogP contribution in [0, 0.1) is 6.92 Å². The fourth-order valence-corrected chi connectivity index (χ4v) is 3.50. The summed E-state index contributed by atoms with van der Waals surface area (Å²) in [5.41, 5.74) is 3.01. The van der Waals surface area contributed by atoms with Crippen LogP contribution in [0.4, 0.5) is 0 Å². The lowest BCUT2D eigenvalue weighted by Gasteiger charge is -2.10. The maximum atomic E-state index is 11.8. The zero-order valence-electron chi connectivity index (χ0n) is 12.8. The number of aryl methyl sites for hydroxylation is 1. The van der Waals surface area contributed by atoms with Crippen molar-refractivity contribution >= 4 is 51.9 Å². The summed E-state index contributed by atoms with van der Waals surface area (Å²) >= 11 is 12.3. The molecule has 0 saturated carbocycles. The van der Waals surface area contributed by atoms with E-state index in [9.17, 15) is 4.79 Å². The van der Waals surface area contributed by atoms with E-state index in [0.29, 0.717) is 26.6 Å². The highest BCUT2D eigenvalue weighted by atomic mass is 35.5. The number of halogens is 1. The van der Waals surface area contributed by atoms with Crippen molar-refractivity contribution in [1.29, 1.82) is 0 Å². The minimum atomic E-state index is -0.199. The molecule has 2 aromatic rings. The second kappa shape index (κ2) is 7.38. The van der Waals surface area contributed by atoms with Crippen LogP contribution >= 0.6 is 35.6 Å². The number of rotatable bonds is 4. The Morgan fingerprint density at radius 1 is 1.29 bits per heavy atom. The summed E-state index contributed by atoms with van der Waals surface area (Å²) in [5.74, 6) is 0.467. The first kappa shape index (κ1) is 17.0. The van der Waals surface area contributed by atoms with Gasteiger partial charge in [0, 0.05) is 10.6 Å². The second-order valence-electron chi connectivity index (χ2n) is 5.31. The van der Waals surface area contributed by atoms with Crippen LogP contribution in [0.25, 0.3) is 6.08 Å². The molecule has 6 heteroatoms. The van der Waals surface area contributed by atoms with E-state index in [1.54, 1.807) is 24.3 Å². The van der Waals surface area contributed by atoms with E-state index in [1.165, 1.54) is 17.3 Å². The second-order valence-corrected chi connectivity index (χ2v) is 7.47. The maximum absolute atomic E-state index is 11.8. The molecule has 0 atom stereocenters. The number of thioether (sulfide) groups is 1. The highest BCUT2D eigenvalue weighted by Crippen LogP contribution is 2.31.